The molecule has 0 unspecified atom stereocenters. The summed E-state index contributed by atoms with van der Waals surface area (Å²) in [6.07, 6.45) is 0.898. The number of ether oxygens (including phenoxy) is 1. The van der Waals surface area contributed by atoms with Gasteiger partial charge >= 0.3 is 0 Å². The van der Waals surface area contributed by atoms with Gasteiger partial charge < -0.3 is 10.1 Å². The van der Waals surface area contributed by atoms with Gasteiger partial charge in [-0.25, -0.2) is 0 Å². The van der Waals surface area contributed by atoms with Gasteiger partial charge in [-0.2, -0.15) is 5.26 Å². The summed E-state index contributed by atoms with van der Waals surface area (Å²) in [7, 11) is 0. The molecule has 0 aromatic heterocycles. The average Bonchev–Trinajstić information content (AvgIpc) is 2.34. The van der Waals surface area contributed by atoms with E-state index in [1.807, 2.05) is 13.0 Å². The molecule has 1 rings (SSSR count). The van der Waals surface area contributed by atoms with Crippen molar-refractivity contribution in [1.82, 2.24) is 5.32 Å². The van der Waals surface area contributed by atoms with Crippen molar-refractivity contribution in [3.05, 3.63) is 29.8 Å². The SMILES string of the molecule is CCCNC(=O)COc1cccc(C#N)c1. The third kappa shape index (κ3) is 4.01. The predicted molar refractivity (Wildman–Crippen MR) is 60.0 cm³/mol. The van der Waals surface area contributed by atoms with Crippen molar-refractivity contribution in [1.29, 1.82) is 5.26 Å². The van der Waals surface area contributed by atoms with Crippen LogP contribution in [0.25, 0.3) is 0 Å². The highest BCUT2D eigenvalue weighted by molar-refractivity contribution is 5.77. The van der Waals surface area contributed by atoms with E-state index in [0.29, 0.717) is 17.9 Å². The summed E-state index contributed by atoms with van der Waals surface area (Å²) in [6.45, 7) is 2.62. The van der Waals surface area contributed by atoms with E-state index >= 15 is 0 Å². The molecule has 16 heavy (non-hydrogen) atoms. The summed E-state index contributed by atoms with van der Waals surface area (Å²) < 4.78 is 5.24. The largest absolute Gasteiger partial charge is 0.484 e. The summed E-state index contributed by atoms with van der Waals surface area (Å²) >= 11 is 0. The Morgan fingerprint density at radius 3 is 3.06 bits per heavy atom. The molecular formula is C12H14N2O2. The number of amides is 1. The van der Waals surface area contributed by atoms with Gasteiger partial charge in [-0.1, -0.05) is 13.0 Å². The summed E-state index contributed by atoms with van der Waals surface area (Å²) in [5.74, 6) is 0.384. The standard InChI is InChI=1S/C12H14N2O2/c1-2-6-14-12(15)9-16-11-5-3-4-10(7-11)8-13/h3-5,7H,2,6,9H2,1H3,(H,14,15). The molecular weight excluding hydrogens is 204 g/mol. The van der Waals surface area contributed by atoms with E-state index in [9.17, 15) is 4.79 Å². The Balaban J connectivity index is 2.42. The number of nitrogens with zero attached hydrogens (tertiary/aromatic N) is 1. The molecule has 0 radical (unpaired) electrons. The van der Waals surface area contributed by atoms with Crippen LogP contribution in [-0.4, -0.2) is 19.1 Å². The minimum Gasteiger partial charge on any atom is -0.484 e. The lowest BCUT2D eigenvalue weighted by atomic mass is 10.2. The van der Waals surface area contributed by atoms with Crippen LogP contribution in [0.4, 0.5) is 0 Å². The van der Waals surface area contributed by atoms with E-state index in [0.717, 1.165) is 6.42 Å². The quantitative estimate of drug-likeness (QED) is 0.813. The van der Waals surface area contributed by atoms with Crippen LogP contribution in [0.1, 0.15) is 18.9 Å². The second kappa shape index (κ2) is 6.46. The third-order valence-electron chi connectivity index (χ3n) is 1.91. The van der Waals surface area contributed by atoms with Crippen molar-refractivity contribution in [3.8, 4) is 11.8 Å². The van der Waals surface area contributed by atoms with E-state index in [1.165, 1.54) is 0 Å². The van der Waals surface area contributed by atoms with Crippen LogP contribution in [0.3, 0.4) is 0 Å². The molecule has 1 aromatic rings. The van der Waals surface area contributed by atoms with E-state index in [2.05, 4.69) is 5.32 Å². The molecule has 0 saturated heterocycles. The lowest BCUT2D eigenvalue weighted by Gasteiger charge is -2.06. The van der Waals surface area contributed by atoms with Gasteiger partial charge in [-0.05, 0) is 24.6 Å². The lowest BCUT2D eigenvalue weighted by Crippen LogP contribution is -2.29. The van der Waals surface area contributed by atoms with Gasteiger partial charge in [0.05, 0.1) is 11.6 Å². The molecule has 0 aliphatic rings. The maximum atomic E-state index is 11.2. The van der Waals surface area contributed by atoms with Crippen molar-refractivity contribution in [2.24, 2.45) is 0 Å². The summed E-state index contributed by atoms with van der Waals surface area (Å²) in [5.41, 5.74) is 0.520. The Kier molecular flexibility index (Phi) is 4.87. The maximum Gasteiger partial charge on any atom is 0.257 e. The Morgan fingerprint density at radius 2 is 2.38 bits per heavy atom. The molecule has 0 aliphatic heterocycles. The first-order valence-corrected chi connectivity index (χ1v) is 5.16. The van der Waals surface area contributed by atoms with Crippen molar-refractivity contribution < 1.29 is 9.53 Å². The molecule has 1 aromatic carbocycles. The zero-order valence-corrected chi connectivity index (χ0v) is 9.19. The molecule has 0 fully saturated rings. The lowest BCUT2D eigenvalue weighted by molar-refractivity contribution is -0.123. The highest BCUT2D eigenvalue weighted by atomic mass is 16.5. The highest BCUT2D eigenvalue weighted by Crippen LogP contribution is 2.11. The number of hydrogen-bond donors (Lipinski definition) is 1. The minimum absolute atomic E-state index is 0.0190. The van der Waals surface area contributed by atoms with Gasteiger partial charge in [-0.15, -0.1) is 0 Å². The molecule has 0 saturated carbocycles. The van der Waals surface area contributed by atoms with Crippen molar-refractivity contribution in [3.63, 3.8) is 0 Å². The summed E-state index contributed by atoms with van der Waals surface area (Å²) in [5, 5.41) is 11.4. The first-order chi connectivity index (χ1) is 7.76. The zero-order valence-electron chi connectivity index (χ0n) is 9.19. The number of hydrogen-bond acceptors (Lipinski definition) is 3. The third-order valence-corrected chi connectivity index (χ3v) is 1.91. The fourth-order valence-corrected chi connectivity index (χ4v) is 1.12. The molecule has 0 spiro atoms. The van der Waals surface area contributed by atoms with Gasteiger partial charge in [0, 0.05) is 6.54 Å². The van der Waals surface area contributed by atoms with Gasteiger partial charge in [0.25, 0.3) is 5.91 Å². The molecule has 84 valence electrons. The highest BCUT2D eigenvalue weighted by Gasteiger charge is 2.01. The normalized spacial score (nSPS) is 9.25. The molecule has 0 heterocycles. The van der Waals surface area contributed by atoms with Gasteiger partial charge in [0.1, 0.15) is 5.75 Å². The van der Waals surface area contributed by atoms with Gasteiger partial charge in [0.2, 0.25) is 0 Å². The second-order valence-electron chi connectivity index (χ2n) is 3.28. The number of benzene rings is 1. The van der Waals surface area contributed by atoms with Crippen molar-refractivity contribution in [2.45, 2.75) is 13.3 Å². The Morgan fingerprint density at radius 1 is 1.56 bits per heavy atom. The van der Waals surface area contributed by atoms with E-state index in [1.54, 1.807) is 24.3 Å². The monoisotopic (exact) mass is 218 g/mol. The molecule has 0 bridgehead atoms. The minimum atomic E-state index is -0.149. The zero-order chi connectivity index (χ0) is 11.8. The van der Waals surface area contributed by atoms with Gasteiger partial charge in [-0.3, -0.25) is 4.79 Å². The van der Waals surface area contributed by atoms with Crippen molar-refractivity contribution in [2.75, 3.05) is 13.2 Å². The van der Waals surface area contributed by atoms with Crippen LogP contribution in [0.5, 0.6) is 5.75 Å². The number of carbonyl (C=O) groups excluding carboxylic acids is 1. The van der Waals surface area contributed by atoms with Crippen LogP contribution >= 0.6 is 0 Å². The number of carbonyl (C=O) groups is 1. The maximum absolute atomic E-state index is 11.2. The molecule has 0 atom stereocenters. The molecule has 4 nitrogen and oxygen atoms in total. The molecule has 1 amide bonds. The molecule has 0 aliphatic carbocycles. The summed E-state index contributed by atoms with van der Waals surface area (Å²) in [4.78, 5) is 11.2. The number of nitrogens with one attached hydrogen (secondary N) is 1. The van der Waals surface area contributed by atoms with Crippen LogP contribution in [0.2, 0.25) is 0 Å². The molecule has 1 N–H and O–H groups in total. The second-order valence-corrected chi connectivity index (χ2v) is 3.28. The summed E-state index contributed by atoms with van der Waals surface area (Å²) in [6, 6.07) is 8.73. The average molecular weight is 218 g/mol. The van der Waals surface area contributed by atoms with Crippen LogP contribution in [0.15, 0.2) is 24.3 Å². The van der Waals surface area contributed by atoms with E-state index in [-0.39, 0.29) is 12.5 Å². The molecule has 4 heteroatoms. The fraction of sp³-hybridized carbons (Fsp3) is 0.333. The van der Waals surface area contributed by atoms with E-state index in [4.69, 9.17) is 10.00 Å². The number of nitriles is 1. The van der Waals surface area contributed by atoms with Crippen molar-refractivity contribution >= 4 is 5.91 Å². The van der Waals surface area contributed by atoms with Crippen LogP contribution in [-0.2, 0) is 4.79 Å². The first kappa shape index (κ1) is 12.1. The predicted octanol–water partition coefficient (Wildman–Crippen LogP) is 1.46. The van der Waals surface area contributed by atoms with Crippen LogP contribution < -0.4 is 10.1 Å². The smallest absolute Gasteiger partial charge is 0.257 e. The van der Waals surface area contributed by atoms with Crippen LogP contribution in [0, 0.1) is 11.3 Å². The number of rotatable bonds is 5. The Hall–Kier alpha value is -2.02. The topological polar surface area (TPSA) is 62.1 Å². The Labute approximate surface area is 94.8 Å². The van der Waals surface area contributed by atoms with Gasteiger partial charge in [0.15, 0.2) is 6.61 Å². The first-order valence-electron chi connectivity index (χ1n) is 5.16. The fourth-order valence-electron chi connectivity index (χ4n) is 1.12. The van der Waals surface area contributed by atoms with E-state index < -0.39 is 0 Å². The Bertz CT molecular complexity index is 396.